The summed E-state index contributed by atoms with van der Waals surface area (Å²) in [5.74, 6) is -2.27. The molecule has 0 unspecified atom stereocenters. The number of Topliss-reactive ketones (excluding diaryl/α,β-unsaturated/α-hetero) is 4. The largest absolute Gasteiger partial charge is 0.496 e. The molecule has 3 aliphatic heterocycles. The summed E-state index contributed by atoms with van der Waals surface area (Å²) in [6.45, 7) is 2.67. The van der Waals surface area contributed by atoms with Crippen LogP contribution < -0.4 is 4.74 Å². The number of ketones is 4. The number of nitriles is 1. The fraction of sp³-hybridized carbons (Fsp3) is 0.412. The number of hydrogen-bond acceptors (Lipinski definition) is 12. The maximum absolute atomic E-state index is 14.0. The van der Waals surface area contributed by atoms with Gasteiger partial charge in [0.25, 0.3) is 0 Å². The third kappa shape index (κ3) is 4.29. The van der Waals surface area contributed by atoms with Crippen LogP contribution in [0.5, 0.6) is 5.75 Å². The summed E-state index contributed by atoms with van der Waals surface area (Å²) in [7, 11) is 5.86. The van der Waals surface area contributed by atoms with Gasteiger partial charge < -0.3 is 18.9 Å². The number of hydrogen-bond donors (Lipinski definition) is 0. The van der Waals surface area contributed by atoms with Gasteiger partial charge in [0, 0.05) is 45.5 Å². The second kappa shape index (κ2) is 11.5. The molecule has 5 aliphatic rings. The van der Waals surface area contributed by atoms with E-state index >= 15 is 0 Å². The number of allylic oxidation sites excluding steroid dienone is 4. The fourth-order valence-corrected chi connectivity index (χ4v) is 7.82. The van der Waals surface area contributed by atoms with Crippen molar-refractivity contribution in [3.05, 3.63) is 74.8 Å². The molecule has 2 bridgehead atoms. The lowest BCUT2D eigenvalue weighted by atomic mass is 9.67. The SMILES string of the molecule is COC1=C(C)C(=O)C2=C(C1=O)[C@@H]1[C@@H]3CC4=C(C(=O)C(OC)=C(C)C4=O)[C@H](COC(=O)c4ccccc4OC)N3[C@@H](C#N)[C@H](C2)N1C. The smallest absolute Gasteiger partial charge is 0.341 e. The molecule has 0 aromatic heterocycles. The van der Waals surface area contributed by atoms with Gasteiger partial charge in [0.2, 0.25) is 11.6 Å². The van der Waals surface area contributed by atoms with Crippen LogP contribution in [0, 0.1) is 11.3 Å². The molecule has 1 fully saturated rings. The van der Waals surface area contributed by atoms with Gasteiger partial charge in [0.05, 0.1) is 39.5 Å². The number of fused-ring (bicyclic) bond motifs is 5. The third-order valence-electron chi connectivity index (χ3n) is 9.91. The zero-order chi connectivity index (χ0) is 33.2. The highest BCUT2D eigenvalue weighted by Crippen LogP contribution is 2.49. The number of rotatable bonds is 6. The summed E-state index contributed by atoms with van der Waals surface area (Å²) in [5.41, 5.74) is 1.38. The van der Waals surface area contributed by atoms with Crippen molar-refractivity contribution in [1.29, 1.82) is 5.26 Å². The number of para-hydroxylation sites is 1. The van der Waals surface area contributed by atoms with E-state index in [9.17, 15) is 29.2 Å². The number of carbonyl (C=O) groups excluding carboxylic acids is 5. The first kappa shape index (κ1) is 31.1. The molecule has 238 valence electrons. The number of piperazine rings is 1. The van der Waals surface area contributed by atoms with Gasteiger partial charge in [-0.15, -0.1) is 0 Å². The molecule has 5 atom stereocenters. The Morgan fingerprint density at radius 3 is 2.00 bits per heavy atom. The second-order valence-corrected chi connectivity index (χ2v) is 11.9. The summed E-state index contributed by atoms with van der Waals surface area (Å²) >= 11 is 0. The monoisotopic (exact) mass is 627 g/mol. The fourth-order valence-electron chi connectivity index (χ4n) is 7.82. The maximum Gasteiger partial charge on any atom is 0.341 e. The third-order valence-corrected chi connectivity index (χ3v) is 9.91. The Labute approximate surface area is 265 Å². The first-order valence-corrected chi connectivity index (χ1v) is 14.9. The predicted octanol–water partition coefficient (Wildman–Crippen LogP) is 2.01. The minimum atomic E-state index is -1.04. The lowest BCUT2D eigenvalue weighted by molar-refractivity contribution is -0.126. The van der Waals surface area contributed by atoms with Crippen molar-refractivity contribution in [2.24, 2.45) is 0 Å². The van der Waals surface area contributed by atoms with Gasteiger partial charge in [0.1, 0.15) is 24.0 Å². The van der Waals surface area contributed by atoms with E-state index in [0.717, 1.165) is 0 Å². The van der Waals surface area contributed by atoms with Crippen molar-refractivity contribution in [3.8, 4) is 11.8 Å². The summed E-state index contributed by atoms with van der Waals surface area (Å²) in [5, 5.41) is 10.7. The van der Waals surface area contributed by atoms with Crippen LogP contribution in [-0.4, -0.2) is 104 Å². The van der Waals surface area contributed by atoms with Crippen molar-refractivity contribution in [1.82, 2.24) is 9.80 Å². The van der Waals surface area contributed by atoms with Gasteiger partial charge in [0.15, 0.2) is 23.1 Å². The number of benzene rings is 1. The minimum Gasteiger partial charge on any atom is -0.496 e. The summed E-state index contributed by atoms with van der Waals surface area (Å²) in [6, 6.07) is 4.95. The molecule has 12 heteroatoms. The van der Waals surface area contributed by atoms with Crippen LogP contribution in [0.2, 0.25) is 0 Å². The molecular weight excluding hydrogens is 594 g/mol. The average molecular weight is 628 g/mol. The molecule has 1 aromatic carbocycles. The van der Waals surface area contributed by atoms with E-state index in [1.165, 1.54) is 28.3 Å². The molecule has 2 aliphatic carbocycles. The normalized spacial score (nSPS) is 28.1. The van der Waals surface area contributed by atoms with Crippen LogP contribution >= 0.6 is 0 Å². The standard InChI is InChI=1S/C34H33N3O9/c1-15-28(38)18-12-21-27-26-19(29(39)16(2)33(45-6)31(26)41)11-20(36(27)3)22(13-35)37(21)23(25(18)30(40)32(15)44-5)14-46-34(42)17-9-7-8-10-24(17)43-4/h7-10,20-23,27H,11-12,14H2,1-6H3/t20-,21-,22-,23-,27-/m0/s1. The zero-order valence-corrected chi connectivity index (χ0v) is 26.3. The molecule has 6 rings (SSSR count). The molecular formula is C34H33N3O9. The highest BCUT2D eigenvalue weighted by Gasteiger charge is 2.60. The van der Waals surface area contributed by atoms with Crippen LogP contribution in [0.25, 0.3) is 0 Å². The molecule has 0 amide bonds. The highest BCUT2D eigenvalue weighted by molar-refractivity contribution is 6.26. The number of carbonyl (C=O) groups is 5. The van der Waals surface area contributed by atoms with Crippen molar-refractivity contribution >= 4 is 29.1 Å². The molecule has 46 heavy (non-hydrogen) atoms. The molecule has 12 nitrogen and oxygen atoms in total. The number of methoxy groups -OCH3 is 3. The Morgan fingerprint density at radius 1 is 0.848 bits per heavy atom. The van der Waals surface area contributed by atoms with E-state index in [0.29, 0.717) is 11.3 Å². The van der Waals surface area contributed by atoms with Crippen molar-refractivity contribution < 1.29 is 42.9 Å². The topological polar surface area (TPSA) is 153 Å². The van der Waals surface area contributed by atoms with Crippen LogP contribution in [0.3, 0.4) is 0 Å². The quantitative estimate of drug-likeness (QED) is 0.335. The molecule has 0 N–H and O–H groups in total. The maximum atomic E-state index is 14.0. The van der Waals surface area contributed by atoms with Gasteiger partial charge in [-0.05, 0) is 45.9 Å². The Kier molecular flexibility index (Phi) is 7.78. The average Bonchev–Trinajstić information content (AvgIpc) is 3.05. The van der Waals surface area contributed by atoms with Gasteiger partial charge in [-0.3, -0.25) is 29.0 Å². The van der Waals surface area contributed by atoms with E-state index in [1.807, 2.05) is 4.90 Å². The molecule has 0 spiro atoms. The summed E-state index contributed by atoms with van der Waals surface area (Å²) < 4.78 is 21.9. The van der Waals surface area contributed by atoms with E-state index in [2.05, 4.69) is 6.07 Å². The molecule has 0 radical (unpaired) electrons. The highest BCUT2D eigenvalue weighted by atomic mass is 16.5. The van der Waals surface area contributed by atoms with E-state index in [1.54, 1.807) is 43.1 Å². The number of ether oxygens (including phenoxy) is 4. The Balaban J connectivity index is 1.50. The molecule has 1 saturated heterocycles. The number of esters is 1. The molecule has 3 heterocycles. The Hall–Kier alpha value is -4.86. The Morgan fingerprint density at radius 2 is 1.41 bits per heavy atom. The van der Waals surface area contributed by atoms with E-state index in [-0.39, 0.29) is 70.2 Å². The minimum absolute atomic E-state index is 0.00830. The van der Waals surface area contributed by atoms with Crippen LogP contribution in [0.1, 0.15) is 37.0 Å². The summed E-state index contributed by atoms with van der Waals surface area (Å²) in [4.78, 5) is 72.4. The number of likely N-dealkylation sites (N-methyl/N-ethyl adjacent to an activating group) is 1. The predicted molar refractivity (Wildman–Crippen MR) is 160 cm³/mol. The zero-order valence-electron chi connectivity index (χ0n) is 26.3. The molecule has 0 saturated carbocycles. The first-order chi connectivity index (χ1) is 22.0. The number of nitrogens with zero attached hydrogens (tertiary/aromatic N) is 3. The first-order valence-electron chi connectivity index (χ1n) is 14.9. The van der Waals surface area contributed by atoms with Gasteiger partial charge in [-0.25, -0.2) is 4.79 Å². The van der Waals surface area contributed by atoms with E-state index in [4.69, 9.17) is 18.9 Å². The second-order valence-electron chi connectivity index (χ2n) is 11.9. The molecule has 1 aromatic rings. The lowest BCUT2D eigenvalue weighted by Gasteiger charge is -2.60. The van der Waals surface area contributed by atoms with Crippen molar-refractivity contribution in [3.63, 3.8) is 0 Å². The van der Waals surface area contributed by atoms with Gasteiger partial charge >= 0.3 is 5.97 Å². The van der Waals surface area contributed by atoms with Crippen LogP contribution in [0.4, 0.5) is 0 Å². The van der Waals surface area contributed by atoms with Crippen molar-refractivity contribution in [2.45, 2.75) is 56.9 Å². The van der Waals surface area contributed by atoms with Crippen LogP contribution in [-0.2, 0) is 33.4 Å². The van der Waals surface area contributed by atoms with E-state index < -0.39 is 53.5 Å². The van der Waals surface area contributed by atoms with Crippen LogP contribution in [0.15, 0.2) is 69.2 Å². The Bertz CT molecular complexity index is 1790. The lowest BCUT2D eigenvalue weighted by Crippen LogP contribution is -2.74. The van der Waals surface area contributed by atoms with Crippen molar-refractivity contribution in [2.75, 3.05) is 35.0 Å². The van der Waals surface area contributed by atoms with Gasteiger partial charge in [-0.2, -0.15) is 5.26 Å². The summed E-state index contributed by atoms with van der Waals surface area (Å²) in [6.07, 6.45) is 0.117. The van der Waals surface area contributed by atoms with Gasteiger partial charge in [-0.1, -0.05) is 12.1 Å².